The lowest BCUT2D eigenvalue weighted by Gasteiger charge is -2.08. The Bertz CT molecular complexity index is 1150. The number of pyridine rings is 1. The van der Waals surface area contributed by atoms with Crippen molar-refractivity contribution in [2.24, 2.45) is 0 Å². The van der Waals surface area contributed by atoms with Crippen molar-refractivity contribution in [2.45, 2.75) is 6.92 Å². The number of hydrogen-bond acceptors (Lipinski definition) is 4. The van der Waals surface area contributed by atoms with Crippen molar-refractivity contribution in [2.75, 3.05) is 5.32 Å². The van der Waals surface area contributed by atoms with Gasteiger partial charge in [0.1, 0.15) is 11.5 Å². The summed E-state index contributed by atoms with van der Waals surface area (Å²) in [6.45, 7) is 1.43. The van der Waals surface area contributed by atoms with E-state index in [1.165, 1.54) is 6.92 Å². The van der Waals surface area contributed by atoms with Gasteiger partial charge in [-0.05, 0) is 36.4 Å². The van der Waals surface area contributed by atoms with Gasteiger partial charge < -0.3 is 5.32 Å². The number of carbonyl (C=O) groups excluding carboxylic acids is 1. The molecule has 0 spiro atoms. The number of halogens is 2. The summed E-state index contributed by atoms with van der Waals surface area (Å²) in [7, 11) is 0. The highest BCUT2D eigenvalue weighted by Gasteiger charge is 2.16. The number of nitrogens with one attached hydrogen (secondary N) is 2. The molecule has 0 atom stereocenters. The number of aromatic nitrogens is 5. The van der Waals surface area contributed by atoms with Crippen LogP contribution in [0, 0.1) is 0 Å². The minimum absolute atomic E-state index is 0.193. The number of amides is 1. The Kier molecular flexibility index (Phi) is 4.85. The van der Waals surface area contributed by atoms with E-state index < -0.39 is 0 Å². The van der Waals surface area contributed by atoms with Crippen LogP contribution in [0.5, 0.6) is 0 Å². The first-order valence-electron chi connectivity index (χ1n) is 8.30. The molecule has 0 saturated heterocycles. The van der Waals surface area contributed by atoms with Gasteiger partial charge in [-0.2, -0.15) is 5.10 Å². The van der Waals surface area contributed by atoms with Crippen LogP contribution in [-0.4, -0.2) is 30.6 Å². The quantitative estimate of drug-likeness (QED) is 0.512. The van der Waals surface area contributed by atoms with Crippen LogP contribution >= 0.6 is 23.2 Å². The van der Waals surface area contributed by atoms with Crippen LogP contribution < -0.4 is 5.32 Å². The van der Waals surface area contributed by atoms with Crippen molar-refractivity contribution in [3.05, 3.63) is 65.0 Å². The summed E-state index contributed by atoms with van der Waals surface area (Å²) < 4.78 is 1.86. The van der Waals surface area contributed by atoms with Gasteiger partial charge in [-0.1, -0.05) is 23.2 Å². The largest absolute Gasteiger partial charge is 0.311 e. The molecule has 0 aliphatic heterocycles. The van der Waals surface area contributed by atoms with Crippen molar-refractivity contribution in [3.63, 3.8) is 0 Å². The number of carbonyl (C=O) groups is 1. The van der Waals surface area contributed by atoms with Crippen molar-refractivity contribution in [1.82, 2.24) is 24.7 Å². The third-order valence-corrected chi connectivity index (χ3v) is 4.51. The van der Waals surface area contributed by atoms with Crippen molar-refractivity contribution < 1.29 is 4.79 Å². The number of aromatic amines is 1. The van der Waals surface area contributed by atoms with Gasteiger partial charge in [-0.15, -0.1) is 0 Å². The molecule has 0 aliphatic carbocycles. The highest BCUT2D eigenvalue weighted by molar-refractivity contribution is 6.35. The van der Waals surface area contributed by atoms with Crippen molar-refractivity contribution in [3.8, 4) is 28.5 Å². The number of H-pyrrole nitrogens is 1. The van der Waals surface area contributed by atoms with Crippen molar-refractivity contribution >= 4 is 34.9 Å². The lowest BCUT2D eigenvalue weighted by molar-refractivity contribution is -0.114. The zero-order chi connectivity index (χ0) is 19.7. The van der Waals surface area contributed by atoms with Gasteiger partial charge in [-0.3, -0.25) is 14.5 Å². The van der Waals surface area contributed by atoms with Gasteiger partial charge in [0.05, 0.1) is 16.4 Å². The highest BCUT2D eigenvalue weighted by Crippen LogP contribution is 2.31. The molecule has 7 nitrogen and oxygen atoms in total. The number of nitrogens with zero attached hydrogens (tertiary/aromatic N) is 4. The predicted molar refractivity (Wildman–Crippen MR) is 109 cm³/mol. The second-order valence-corrected chi connectivity index (χ2v) is 6.84. The van der Waals surface area contributed by atoms with Crippen LogP contribution in [0.4, 0.5) is 5.82 Å². The molecular formula is C19H14Cl2N6O. The molecule has 1 amide bonds. The number of rotatable bonds is 4. The molecule has 28 heavy (non-hydrogen) atoms. The first-order valence-corrected chi connectivity index (χ1v) is 9.05. The zero-order valence-corrected chi connectivity index (χ0v) is 16.2. The van der Waals surface area contributed by atoms with Gasteiger partial charge in [-0.25, -0.2) is 9.97 Å². The number of benzene rings is 1. The zero-order valence-electron chi connectivity index (χ0n) is 14.6. The number of anilines is 1. The Morgan fingerprint density at radius 2 is 2.00 bits per heavy atom. The third-order valence-electron chi connectivity index (χ3n) is 3.98. The topological polar surface area (TPSA) is 88.5 Å². The molecule has 3 heterocycles. The Hall–Kier alpha value is -3.16. The van der Waals surface area contributed by atoms with Gasteiger partial charge in [0.2, 0.25) is 5.91 Å². The molecule has 0 unspecified atom stereocenters. The third kappa shape index (κ3) is 3.62. The van der Waals surface area contributed by atoms with E-state index in [2.05, 4.69) is 20.5 Å². The maximum absolute atomic E-state index is 11.3. The SMILES string of the molecule is CC(=O)Nc1cc(-c2cn(-c3ccc(Cl)cc3Cl)c(-c3ccn[nH]3)n2)ccn1. The van der Waals surface area contributed by atoms with E-state index in [0.717, 1.165) is 16.9 Å². The lowest BCUT2D eigenvalue weighted by Crippen LogP contribution is -2.07. The maximum atomic E-state index is 11.3. The molecule has 1 aromatic carbocycles. The Morgan fingerprint density at radius 3 is 2.71 bits per heavy atom. The van der Waals surface area contributed by atoms with Crippen LogP contribution in [0.3, 0.4) is 0 Å². The lowest BCUT2D eigenvalue weighted by atomic mass is 10.2. The van der Waals surface area contributed by atoms with Gasteiger partial charge >= 0.3 is 0 Å². The standard InChI is InChI=1S/C19H14Cl2N6O/c1-11(28)24-18-8-12(4-6-22-18)16-10-27(17-3-2-13(20)9-14(17)21)19(25-16)15-5-7-23-26-15/h2-10H,1H3,(H,23,26)(H,22,24,28). The van der Waals surface area contributed by atoms with Gasteiger partial charge in [0.15, 0.2) is 5.82 Å². The van der Waals surface area contributed by atoms with E-state index >= 15 is 0 Å². The first kappa shape index (κ1) is 18.2. The summed E-state index contributed by atoms with van der Waals surface area (Å²) >= 11 is 12.5. The number of hydrogen-bond donors (Lipinski definition) is 2. The van der Waals surface area contributed by atoms with E-state index in [4.69, 9.17) is 28.2 Å². The fourth-order valence-electron chi connectivity index (χ4n) is 2.79. The second-order valence-electron chi connectivity index (χ2n) is 6.00. The summed E-state index contributed by atoms with van der Waals surface area (Å²) in [6, 6.07) is 10.7. The molecule has 2 N–H and O–H groups in total. The van der Waals surface area contributed by atoms with Crippen LogP contribution in [-0.2, 0) is 4.79 Å². The Labute approximate surface area is 170 Å². The van der Waals surface area contributed by atoms with Crippen LogP contribution in [0.15, 0.2) is 55.0 Å². The molecule has 3 aromatic heterocycles. The summed E-state index contributed by atoms with van der Waals surface area (Å²) in [4.78, 5) is 20.2. The Balaban J connectivity index is 1.86. The maximum Gasteiger partial charge on any atom is 0.222 e. The molecule has 0 saturated carbocycles. The fourth-order valence-corrected chi connectivity index (χ4v) is 3.29. The normalized spacial score (nSPS) is 10.8. The molecule has 9 heteroatoms. The van der Waals surface area contributed by atoms with Crippen LogP contribution in [0.2, 0.25) is 10.0 Å². The fraction of sp³-hybridized carbons (Fsp3) is 0.0526. The molecule has 0 radical (unpaired) electrons. The van der Waals surface area contributed by atoms with Crippen LogP contribution in [0.1, 0.15) is 6.92 Å². The summed E-state index contributed by atoms with van der Waals surface area (Å²) in [6.07, 6.45) is 5.13. The van der Waals surface area contributed by atoms with Crippen LogP contribution in [0.25, 0.3) is 28.5 Å². The second kappa shape index (κ2) is 7.46. The molecule has 4 aromatic rings. The predicted octanol–water partition coefficient (Wildman–Crippen LogP) is 4.59. The van der Waals surface area contributed by atoms with E-state index in [-0.39, 0.29) is 5.91 Å². The minimum atomic E-state index is -0.193. The molecule has 0 aliphatic rings. The average molecular weight is 413 g/mol. The van der Waals surface area contributed by atoms with Gasteiger partial charge in [0.25, 0.3) is 0 Å². The molecular weight excluding hydrogens is 399 g/mol. The Morgan fingerprint density at radius 1 is 1.14 bits per heavy atom. The summed E-state index contributed by atoms with van der Waals surface area (Å²) in [5.41, 5.74) is 2.94. The van der Waals surface area contributed by atoms with E-state index in [1.807, 2.05) is 29.0 Å². The minimum Gasteiger partial charge on any atom is -0.311 e. The average Bonchev–Trinajstić information content (AvgIpc) is 3.31. The van der Waals surface area contributed by atoms with E-state index in [1.54, 1.807) is 30.6 Å². The molecule has 0 fully saturated rings. The first-order chi connectivity index (χ1) is 13.5. The smallest absolute Gasteiger partial charge is 0.222 e. The highest BCUT2D eigenvalue weighted by atomic mass is 35.5. The van der Waals surface area contributed by atoms with E-state index in [0.29, 0.717) is 27.4 Å². The van der Waals surface area contributed by atoms with E-state index in [9.17, 15) is 4.79 Å². The van der Waals surface area contributed by atoms with Gasteiger partial charge in [0, 0.05) is 36.1 Å². The molecule has 140 valence electrons. The summed E-state index contributed by atoms with van der Waals surface area (Å²) in [5.74, 6) is 0.892. The molecule has 0 bridgehead atoms. The summed E-state index contributed by atoms with van der Waals surface area (Å²) in [5, 5.41) is 10.6. The monoisotopic (exact) mass is 412 g/mol. The molecule has 4 rings (SSSR count). The number of imidazole rings is 1. The van der Waals surface area contributed by atoms with Crippen molar-refractivity contribution in [1.29, 1.82) is 0 Å².